The number of aryl methyl sites for hydroxylation is 1. The van der Waals surface area contributed by atoms with E-state index in [1.807, 2.05) is 13.8 Å². The van der Waals surface area contributed by atoms with Gasteiger partial charge in [0.05, 0.1) is 18.8 Å². The predicted molar refractivity (Wildman–Crippen MR) is 95.8 cm³/mol. The fourth-order valence-corrected chi connectivity index (χ4v) is 3.10. The van der Waals surface area contributed by atoms with Crippen LogP contribution in [-0.4, -0.2) is 72.3 Å². The first-order chi connectivity index (χ1) is 11.8. The third kappa shape index (κ3) is 4.93. The Morgan fingerprint density at radius 1 is 1.40 bits per heavy atom. The molecule has 2 unspecified atom stereocenters. The van der Waals surface area contributed by atoms with Crippen LogP contribution in [0.3, 0.4) is 0 Å². The number of amides is 2. The summed E-state index contributed by atoms with van der Waals surface area (Å²) in [5.74, 6) is -0.422. The summed E-state index contributed by atoms with van der Waals surface area (Å²) < 4.78 is 4.77. The number of hydrogen-bond acceptors (Lipinski definition) is 5. The number of hydrogen-bond donors (Lipinski definition) is 2. The molecule has 138 valence electrons. The van der Waals surface area contributed by atoms with Crippen LogP contribution in [0.25, 0.3) is 0 Å². The number of β-amino-alcohol motifs (C(OH)–C–C–N with tert-alkyl or cyclic N) is 1. The molecule has 1 aliphatic rings. The number of carbonyl (C=O) groups is 2. The zero-order valence-corrected chi connectivity index (χ0v) is 15.3. The SMILES string of the molecule is COC(=O)c1cc(NC(=O)N2CCN(CC(C)O)CC2C)ccc1C. The predicted octanol–water partition coefficient (Wildman–Crippen LogP) is 1.70. The maximum Gasteiger partial charge on any atom is 0.338 e. The number of methoxy groups -OCH3 is 1. The van der Waals surface area contributed by atoms with Crippen molar-refractivity contribution in [3.05, 3.63) is 29.3 Å². The summed E-state index contributed by atoms with van der Waals surface area (Å²) in [4.78, 5) is 28.3. The van der Waals surface area contributed by atoms with Crippen molar-refractivity contribution in [2.45, 2.75) is 32.9 Å². The van der Waals surface area contributed by atoms with Gasteiger partial charge in [0.2, 0.25) is 0 Å². The Hall–Kier alpha value is -2.12. The number of anilines is 1. The Morgan fingerprint density at radius 3 is 2.72 bits per heavy atom. The normalized spacial score (nSPS) is 19.4. The lowest BCUT2D eigenvalue weighted by Crippen LogP contribution is -2.56. The van der Waals surface area contributed by atoms with Gasteiger partial charge < -0.3 is 20.1 Å². The molecular formula is C18H27N3O4. The number of ether oxygens (including phenoxy) is 1. The van der Waals surface area contributed by atoms with Crippen molar-refractivity contribution in [1.29, 1.82) is 0 Å². The quantitative estimate of drug-likeness (QED) is 0.809. The number of benzene rings is 1. The van der Waals surface area contributed by atoms with Crippen molar-refractivity contribution in [3.8, 4) is 0 Å². The number of nitrogens with zero attached hydrogens (tertiary/aromatic N) is 2. The van der Waals surface area contributed by atoms with Gasteiger partial charge in [-0.3, -0.25) is 4.90 Å². The van der Waals surface area contributed by atoms with Crippen LogP contribution in [0.4, 0.5) is 10.5 Å². The minimum Gasteiger partial charge on any atom is -0.465 e. The molecule has 1 aliphatic heterocycles. The van der Waals surface area contributed by atoms with E-state index >= 15 is 0 Å². The smallest absolute Gasteiger partial charge is 0.338 e. The number of aliphatic hydroxyl groups excluding tert-OH is 1. The molecule has 0 aromatic heterocycles. The average Bonchev–Trinajstić information content (AvgIpc) is 2.55. The summed E-state index contributed by atoms with van der Waals surface area (Å²) in [6.07, 6.45) is -0.378. The van der Waals surface area contributed by atoms with Gasteiger partial charge in [-0.25, -0.2) is 9.59 Å². The lowest BCUT2D eigenvalue weighted by atomic mass is 10.1. The molecule has 2 N–H and O–H groups in total. The van der Waals surface area contributed by atoms with Crippen LogP contribution in [0.15, 0.2) is 18.2 Å². The number of urea groups is 1. The lowest BCUT2D eigenvalue weighted by Gasteiger charge is -2.40. The van der Waals surface area contributed by atoms with E-state index in [9.17, 15) is 14.7 Å². The molecule has 1 aromatic rings. The molecule has 0 aliphatic carbocycles. The molecule has 0 spiro atoms. The van der Waals surface area contributed by atoms with E-state index in [-0.39, 0.29) is 18.2 Å². The topological polar surface area (TPSA) is 82.1 Å². The number of carbonyl (C=O) groups excluding carboxylic acids is 2. The van der Waals surface area contributed by atoms with Gasteiger partial charge in [0.1, 0.15) is 0 Å². The first kappa shape index (κ1) is 19.2. The third-order valence-electron chi connectivity index (χ3n) is 4.39. The molecule has 1 heterocycles. The number of piperazine rings is 1. The van der Waals surface area contributed by atoms with Crippen LogP contribution in [0.5, 0.6) is 0 Å². The molecule has 1 fully saturated rings. The molecule has 0 saturated carbocycles. The molecule has 7 nitrogen and oxygen atoms in total. The van der Waals surface area contributed by atoms with Crippen molar-refractivity contribution >= 4 is 17.7 Å². The van der Waals surface area contributed by atoms with E-state index in [0.29, 0.717) is 24.3 Å². The second kappa shape index (κ2) is 8.31. The molecule has 7 heteroatoms. The van der Waals surface area contributed by atoms with Crippen LogP contribution >= 0.6 is 0 Å². The van der Waals surface area contributed by atoms with Crippen molar-refractivity contribution in [2.24, 2.45) is 0 Å². The molecular weight excluding hydrogens is 322 g/mol. The fraction of sp³-hybridized carbons (Fsp3) is 0.556. The minimum atomic E-state index is -0.422. The third-order valence-corrected chi connectivity index (χ3v) is 4.39. The van der Waals surface area contributed by atoms with Gasteiger partial charge >= 0.3 is 12.0 Å². The standard InChI is InChI=1S/C18H27N3O4/c1-12-5-6-15(9-16(12)17(23)25-4)19-18(24)21-8-7-20(10-13(21)2)11-14(3)22/h5-6,9,13-14,22H,7-8,10-11H2,1-4H3,(H,19,24). The highest BCUT2D eigenvalue weighted by atomic mass is 16.5. The van der Waals surface area contributed by atoms with Gasteiger partial charge in [-0.1, -0.05) is 6.07 Å². The van der Waals surface area contributed by atoms with E-state index in [2.05, 4.69) is 10.2 Å². The van der Waals surface area contributed by atoms with Crippen LogP contribution < -0.4 is 5.32 Å². The summed E-state index contributed by atoms with van der Waals surface area (Å²) in [6.45, 7) is 8.23. The van der Waals surface area contributed by atoms with Gasteiger partial charge in [-0.2, -0.15) is 0 Å². The highest BCUT2D eigenvalue weighted by Gasteiger charge is 2.28. The Balaban J connectivity index is 2.02. The summed E-state index contributed by atoms with van der Waals surface area (Å²) >= 11 is 0. The lowest BCUT2D eigenvalue weighted by molar-refractivity contribution is 0.0599. The summed E-state index contributed by atoms with van der Waals surface area (Å²) in [7, 11) is 1.33. The number of rotatable bonds is 4. The fourth-order valence-electron chi connectivity index (χ4n) is 3.10. The molecule has 0 bridgehead atoms. The van der Waals surface area contributed by atoms with E-state index in [4.69, 9.17) is 4.74 Å². The van der Waals surface area contributed by atoms with Gasteiger partial charge in [0.15, 0.2) is 0 Å². The second-order valence-corrected chi connectivity index (χ2v) is 6.60. The number of esters is 1. The van der Waals surface area contributed by atoms with Crippen molar-refractivity contribution in [2.75, 3.05) is 38.6 Å². The largest absolute Gasteiger partial charge is 0.465 e. The van der Waals surface area contributed by atoms with Crippen molar-refractivity contribution in [3.63, 3.8) is 0 Å². The summed E-state index contributed by atoms with van der Waals surface area (Å²) in [5, 5.41) is 12.4. The van der Waals surface area contributed by atoms with Gasteiger partial charge in [-0.15, -0.1) is 0 Å². The van der Waals surface area contributed by atoms with E-state index in [1.54, 1.807) is 30.0 Å². The van der Waals surface area contributed by atoms with E-state index in [1.165, 1.54) is 7.11 Å². The van der Waals surface area contributed by atoms with Crippen molar-refractivity contribution < 1.29 is 19.4 Å². The molecule has 0 radical (unpaired) electrons. The molecule has 2 atom stereocenters. The zero-order chi connectivity index (χ0) is 18.6. The van der Waals surface area contributed by atoms with Gasteiger partial charge in [0.25, 0.3) is 0 Å². The monoisotopic (exact) mass is 349 g/mol. The van der Waals surface area contributed by atoms with E-state index < -0.39 is 5.97 Å². The maximum absolute atomic E-state index is 12.6. The van der Waals surface area contributed by atoms with Crippen LogP contribution in [0.2, 0.25) is 0 Å². The maximum atomic E-state index is 12.6. The molecule has 2 rings (SSSR count). The molecule has 25 heavy (non-hydrogen) atoms. The number of aliphatic hydroxyl groups is 1. The molecule has 1 saturated heterocycles. The summed E-state index contributed by atoms with van der Waals surface area (Å²) in [5.41, 5.74) is 1.80. The first-order valence-corrected chi connectivity index (χ1v) is 8.48. The van der Waals surface area contributed by atoms with E-state index in [0.717, 1.165) is 18.7 Å². The van der Waals surface area contributed by atoms with Crippen LogP contribution in [0.1, 0.15) is 29.8 Å². The Labute approximate surface area is 148 Å². The second-order valence-electron chi connectivity index (χ2n) is 6.60. The van der Waals surface area contributed by atoms with Crippen LogP contribution in [-0.2, 0) is 4.74 Å². The van der Waals surface area contributed by atoms with Crippen LogP contribution in [0, 0.1) is 6.92 Å². The van der Waals surface area contributed by atoms with Crippen molar-refractivity contribution in [1.82, 2.24) is 9.80 Å². The van der Waals surface area contributed by atoms with Gasteiger partial charge in [-0.05, 0) is 38.5 Å². The Bertz CT molecular complexity index is 633. The highest BCUT2D eigenvalue weighted by Crippen LogP contribution is 2.18. The highest BCUT2D eigenvalue weighted by molar-refractivity contribution is 5.95. The Morgan fingerprint density at radius 2 is 2.12 bits per heavy atom. The zero-order valence-electron chi connectivity index (χ0n) is 15.3. The summed E-state index contributed by atoms with van der Waals surface area (Å²) in [6, 6.07) is 5.04. The number of nitrogens with one attached hydrogen (secondary N) is 1. The Kier molecular flexibility index (Phi) is 6.39. The minimum absolute atomic E-state index is 0.0398. The van der Waals surface area contributed by atoms with Gasteiger partial charge in [0, 0.05) is 37.9 Å². The average molecular weight is 349 g/mol. The first-order valence-electron chi connectivity index (χ1n) is 8.48. The molecule has 1 aromatic carbocycles. The molecule has 2 amide bonds.